The van der Waals surface area contributed by atoms with Gasteiger partial charge in [-0.2, -0.15) is 9.97 Å². The summed E-state index contributed by atoms with van der Waals surface area (Å²) in [5, 5.41) is 5.70. The van der Waals surface area contributed by atoms with Crippen LogP contribution in [0.1, 0.15) is 20.8 Å². The second-order valence-corrected chi connectivity index (χ2v) is 4.31. The van der Waals surface area contributed by atoms with Gasteiger partial charge in [-0.3, -0.25) is 4.79 Å². The molecule has 0 aliphatic rings. The van der Waals surface area contributed by atoms with Gasteiger partial charge in [-0.25, -0.2) is 0 Å². The highest BCUT2D eigenvalue weighted by atomic mass is 16.5. The van der Waals surface area contributed by atoms with Crippen LogP contribution in [0.5, 0.6) is 11.8 Å². The Kier molecular flexibility index (Phi) is 5.35. The lowest BCUT2D eigenvalue weighted by molar-refractivity contribution is -0.122. The summed E-state index contributed by atoms with van der Waals surface area (Å²) >= 11 is 0. The summed E-state index contributed by atoms with van der Waals surface area (Å²) < 4.78 is 10.1. The molecule has 0 spiro atoms. The highest BCUT2D eigenvalue weighted by Gasteiger charge is 2.15. The molecule has 1 amide bonds. The zero-order valence-electron chi connectivity index (χ0n) is 11.9. The number of hydrogen-bond donors (Lipinski definition) is 2. The summed E-state index contributed by atoms with van der Waals surface area (Å²) in [6, 6.07) is 1.18. The van der Waals surface area contributed by atoms with Gasteiger partial charge in [0.25, 0.3) is 0 Å². The van der Waals surface area contributed by atoms with E-state index >= 15 is 0 Å². The number of aromatic nitrogens is 2. The first-order valence-corrected chi connectivity index (χ1v) is 6.00. The maximum Gasteiger partial charge on any atom is 0.242 e. The highest BCUT2D eigenvalue weighted by Crippen LogP contribution is 2.17. The van der Waals surface area contributed by atoms with Crippen LogP contribution in [-0.4, -0.2) is 42.2 Å². The van der Waals surface area contributed by atoms with Crippen LogP contribution in [0, 0.1) is 0 Å². The Hall–Kier alpha value is -2.05. The smallest absolute Gasteiger partial charge is 0.242 e. The van der Waals surface area contributed by atoms with Gasteiger partial charge < -0.3 is 20.1 Å². The Morgan fingerprint density at radius 2 is 1.68 bits per heavy atom. The van der Waals surface area contributed by atoms with Crippen molar-refractivity contribution in [3.05, 3.63) is 6.07 Å². The Morgan fingerprint density at radius 3 is 2.11 bits per heavy atom. The number of carbonyl (C=O) groups is 1. The molecule has 0 fully saturated rings. The van der Waals surface area contributed by atoms with Gasteiger partial charge in [0.2, 0.25) is 23.6 Å². The minimum absolute atomic E-state index is 0.0810. The number of ether oxygens (including phenoxy) is 2. The molecule has 1 aromatic rings. The molecule has 19 heavy (non-hydrogen) atoms. The molecule has 0 aliphatic heterocycles. The second-order valence-electron chi connectivity index (χ2n) is 4.31. The van der Waals surface area contributed by atoms with Crippen molar-refractivity contribution < 1.29 is 14.3 Å². The van der Waals surface area contributed by atoms with Gasteiger partial charge in [0.15, 0.2) is 0 Å². The molecular weight excluding hydrogens is 248 g/mol. The minimum atomic E-state index is -0.459. The van der Waals surface area contributed by atoms with E-state index in [1.165, 1.54) is 14.2 Å². The fourth-order valence-electron chi connectivity index (χ4n) is 1.35. The van der Waals surface area contributed by atoms with Gasteiger partial charge in [0.05, 0.1) is 20.3 Å². The predicted octanol–water partition coefficient (Wildman–Crippen LogP) is 0.819. The van der Waals surface area contributed by atoms with E-state index in [0.29, 0.717) is 11.8 Å². The number of methoxy groups -OCH3 is 2. The summed E-state index contributed by atoms with van der Waals surface area (Å²) in [6.07, 6.45) is 0. The zero-order chi connectivity index (χ0) is 14.4. The van der Waals surface area contributed by atoms with Crippen LogP contribution >= 0.6 is 0 Å². The van der Waals surface area contributed by atoms with Crippen molar-refractivity contribution in [2.24, 2.45) is 0 Å². The van der Waals surface area contributed by atoms with Gasteiger partial charge in [0.1, 0.15) is 6.04 Å². The van der Waals surface area contributed by atoms with Crippen LogP contribution in [0.25, 0.3) is 0 Å². The van der Waals surface area contributed by atoms with E-state index in [4.69, 9.17) is 9.47 Å². The molecule has 7 nitrogen and oxygen atoms in total. The normalized spacial score (nSPS) is 11.9. The van der Waals surface area contributed by atoms with Crippen LogP contribution in [-0.2, 0) is 4.79 Å². The molecule has 1 atom stereocenters. The second kappa shape index (κ2) is 6.77. The molecule has 0 aliphatic carbocycles. The first kappa shape index (κ1) is 15.0. The fraction of sp³-hybridized carbons (Fsp3) is 0.583. The zero-order valence-corrected chi connectivity index (χ0v) is 11.9. The summed E-state index contributed by atoms with van der Waals surface area (Å²) in [6.45, 7) is 5.53. The van der Waals surface area contributed by atoms with Gasteiger partial charge in [-0.15, -0.1) is 0 Å². The molecule has 0 radical (unpaired) electrons. The molecule has 1 aromatic heterocycles. The number of nitrogens with zero attached hydrogens (tertiary/aromatic N) is 2. The van der Waals surface area contributed by atoms with E-state index in [1.807, 2.05) is 13.8 Å². The maximum atomic E-state index is 11.8. The third-order valence-electron chi connectivity index (χ3n) is 2.27. The van der Waals surface area contributed by atoms with Gasteiger partial charge >= 0.3 is 0 Å². The quantitative estimate of drug-likeness (QED) is 0.794. The van der Waals surface area contributed by atoms with Crippen molar-refractivity contribution in [2.45, 2.75) is 32.9 Å². The van der Waals surface area contributed by atoms with Gasteiger partial charge in [0, 0.05) is 6.04 Å². The molecule has 1 rings (SSSR count). The average molecular weight is 268 g/mol. The molecule has 7 heteroatoms. The molecule has 0 saturated carbocycles. The van der Waals surface area contributed by atoms with Crippen LogP contribution in [0.2, 0.25) is 0 Å². The Balaban J connectivity index is 2.78. The lowest BCUT2D eigenvalue weighted by Crippen LogP contribution is -2.41. The van der Waals surface area contributed by atoms with Crippen LogP contribution < -0.4 is 20.1 Å². The van der Waals surface area contributed by atoms with Crippen molar-refractivity contribution in [1.29, 1.82) is 0 Å². The summed E-state index contributed by atoms with van der Waals surface area (Å²) in [5.74, 6) is 0.889. The van der Waals surface area contributed by atoms with E-state index in [1.54, 1.807) is 13.0 Å². The van der Waals surface area contributed by atoms with Crippen molar-refractivity contribution >= 4 is 11.9 Å². The number of nitrogens with one attached hydrogen (secondary N) is 2. The minimum Gasteiger partial charge on any atom is -0.481 e. The standard InChI is InChI=1S/C12H20N4O3/c1-7(2)13-11(17)8(3)14-12-15-9(18-4)6-10(16-12)19-5/h6-8H,1-5H3,(H,13,17)(H,14,15,16). The van der Waals surface area contributed by atoms with Crippen LogP contribution in [0.3, 0.4) is 0 Å². The highest BCUT2D eigenvalue weighted by molar-refractivity contribution is 5.83. The Morgan fingerprint density at radius 1 is 1.16 bits per heavy atom. The van der Waals surface area contributed by atoms with Crippen molar-refractivity contribution in [2.75, 3.05) is 19.5 Å². The van der Waals surface area contributed by atoms with Gasteiger partial charge in [-0.1, -0.05) is 0 Å². The maximum absolute atomic E-state index is 11.8. The lowest BCUT2D eigenvalue weighted by atomic mass is 10.3. The first-order chi connectivity index (χ1) is 8.96. The number of anilines is 1. The summed E-state index contributed by atoms with van der Waals surface area (Å²) in [5.41, 5.74) is 0. The number of amides is 1. The monoisotopic (exact) mass is 268 g/mol. The van der Waals surface area contributed by atoms with Crippen molar-refractivity contribution in [1.82, 2.24) is 15.3 Å². The fourth-order valence-corrected chi connectivity index (χ4v) is 1.35. The number of rotatable bonds is 6. The topological polar surface area (TPSA) is 85.4 Å². The molecule has 1 heterocycles. The average Bonchev–Trinajstić information content (AvgIpc) is 2.37. The van der Waals surface area contributed by atoms with Crippen molar-refractivity contribution in [3.63, 3.8) is 0 Å². The third-order valence-corrected chi connectivity index (χ3v) is 2.27. The van der Waals surface area contributed by atoms with Crippen LogP contribution in [0.4, 0.5) is 5.95 Å². The summed E-state index contributed by atoms with van der Waals surface area (Å²) in [4.78, 5) is 20.0. The van der Waals surface area contributed by atoms with E-state index in [0.717, 1.165) is 0 Å². The van der Waals surface area contributed by atoms with Crippen LogP contribution in [0.15, 0.2) is 6.07 Å². The third kappa shape index (κ3) is 4.61. The molecule has 2 N–H and O–H groups in total. The first-order valence-electron chi connectivity index (χ1n) is 6.00. The largest absolute Gasteiger partial charge is 0.481 e. The van der Waals surface area contributed by atoms with E-state index in [9.17, 15) is 4.79 Å². The predicted molar refractivity (Wildman–Crippen MR) is 71.5 cm³/mol. The van der Waals surface area contributed by atoms with E-state index < -0.39 is 6.04 Å². The molecular formula is C12H20N4O3. The molecule has 1 unspecified atom stereocenters. The number of hydrogen-bond acceptors (Lipinski definition) is 6. The van der Waals surface area contributed by atoms with E-state index in [-0.39, 0.29) is 17.9 Å². The van der Waals surface area contributed by atoms with Crippen molar-refractivity contribution in [3.8, 4) is 11.8 Å². The Bertz CT molecular complexity index is 415. The lowest BCUT2D eigenvalue weighted by Gasteiger charge is -2.16. The number of carbonyl (C=O) groups excluding carboxylic acids is 1. The molecule has 0 saturated heterocycles. The molecule has 106 valence electrons. The summed E-state index contributed by atoms with van der Waals surface area (Å²) in [7, 11) is 3.00. The molecule has 0 aromatic carbocycles. The van der Waals surface area contributed by atoms with E-state index in [2.05, 4.69) is 20.6 Å². The SMILES string of the molecule is COc1cc(OC)nc(NC(C)C(=O)NC(C)C)n1. The molecule has 0 bridgehead atoms. The Labute approximate surface area is 112 Å². The van der Waals surface area contributed by atoms with Gasteiger partial charge in [-0.05, 0) is 20.8 Å².